The Hall–Kier alpha value is -4.38. The first-order valence-corrected chi connectivity index (χ1v) is 14.3. The zero-order chi connectivity index (χ0) is 28.6. The minimum Gasteiger partial charge on any atom is -0.356 e. The van der Waals surface area contributed by atoms with Crippen LogP contribution in [0.1, 0.15) is 41.8 Å². The molecule has 0 amide bonds. The number of halogens is 1. The Balaban J connectivity index is 1.57. The van der Waals surface area contributed by atoms with Crippen molar-refractivity contribution < 1.29 is 17.3 Å². The topological polar surface area (TPSA) is 120 Å². The van der Waals surface area contributed by atoms with Gasteiger partial charge in [0.2, 0.25) is 11.6 Å². The lowest BCUT2D eigenvalue weighted by atomic mass is 9.94. The van der Waals surface area contributed by atoms with Gasteiger partial charge in [-0.25, -0.2) is 18.4 Å². The van der Waals surface area contributed by atoms with Crippen LogP contribution in [-0.2, 0) is 23.0 Å². The molecule has 11 heteroatoms. The lowest BCUT2D eigenvalue weighted by Gasteiger charge is -2.17. The highest BCUT2D eigenvalue weighted by Crippen LogP contribution is 2.33. The van der Waals surface area contributed by atoms with Crippen LogP contribution in [0.5, 0.6) is 0 Å². The van der Waals surface area contributed by atoms with E-state index in [2.05, 4.69) is 19.8 Å². The second kappa shape index (κ2) is 10.6. The summed E-state index contributed by atoms with van der Waals surface area (Å²) in [5.41, 5.74) is 4.16. The first-order valence-electron chi connectivity index (χ1n) is 12.8. The van der Waals surface area contributed by atoms with Crippen molar-refractivity contribution in [2.45, 2.75) is 52.0 Å². The van der Waals surface area contributed by atoms with E-state index >= 15 is 0 Å². The molecule has 0 atom stereocenters. The van der Waals surface area contributed by atoms with Gasteiger partial charge in [0.15, 0.2) is 5.76 Å². The van der Waals surface area contributed by atoms with Crippen LogP contribution in [0.2, 0.25) is 0 Å². The molecular formula is C29H28FN5O4S. The quantitative estimate of drug-likeness (QED) is 0.273. The summed E-state index contributed by atoms with van der Waals surface area (Å²) in [7, 11) is -4.20. The normalized spacial score (nSPS) is 11.7. The summed E-state index contributed by atoms with van der Waals surface area (Å²) < 4.78 is 49.6. The zero-order valence-corrected chi connectivity index (χ0v) is 23.3. The van der Waals surface area contributed by atoms with Crippen LogP contribution in [0.15, 0.2) is 68.8 Å². The molecule has 0 aliphatic carbocycles. The number of hydrogen-bond donors (Lipinski definition) is 1. The highest BCUT2D eigenvalue weighted by Gasteiger charge is 2.24. The molecule has 0 aliphatic heterocycles. The minimum absolute atomic E-state index is 0.0203. The molecule has 2 aromatic carbocycles. The van der Waals surface area contributed by atoms with E-state index in [1.807, 2.05) is 32.0 Å². The lowest BCUT2D eigenvalue weighted by Crippen LogP contribution is -2.21. The standard InChI is InChI=1S/C29H28FN5O4S/c1-5-8-21-15-20(16-35-26(36)14-13-22-17(2)31-19(4)32-29(22)35)11-12-23(21)24-9-6-7-10-25(24)40(37,38)34-28-27(30)18(3)39-33-28/h6-7,9-15H,5,8,16H2,1-4H3,(H,33,34). The van der Waals surface area contributed by atoms with Crippen molar-refractivity contribution in [3.63, 3.8) is 0 Å². The number of pyridine rings is 1. The molecule has 3 aromatic heterocycles. The van der Waals surface area contributed by atoms with Crippen molar-refractivity contribution in [2.24, 2.45) is 0 Å². The molecule has 0 fully saturated rings. The third kappa shape index (κ3) is 5.12. The Labute approximate surface area is 230 Å². The first kappa shape index (κ1) is 27.2. The Morgan fingerprint density at radius 3 is 2.50 bits per heavy atom. The van der Waals surface area contributed by atoms with Gasteiger partial charge in [-0.15, -0.1) is 0 Å². The summed E-state index contributed by atoms with van der Waals surface area (Å²) in [5.74, 6) is -0.894. The van der Waals surface area contributed by atoms with Gasteiger partial charge in [0.05, 0.1) is 17.1 Å². The maximum absolute atomic E-state index is 14.3. The molecule has 0 saturated carbocycles. The Kier molecular flexibility index (Phi) is 7.24. The smallest absolute Gasteiger partial charge is 0.263 e. The van der Waals surface area contributed by atoms with Crippen LogP contribution in [-0.4, -0.2) is 28.1 Å². The van der Waals surface area contributed by atoms with Gasteiger partial charge in [0.25, 0.3) is 15.6 Å². The van der Waals surface area contributed by atoms with Crippen LogP contribution >= 0.6 is 0 Å². The van der Waals surface area contributed by atoms with Crippen molar-refractivity contribution in [2.75, 3.05) is 4.72 Å². The number of aryl methyl sites for hydroxylation is 4. The molecule has 40 heavy (non-hydrogen) atoms. The van der Waals surface area contributed by atoms with Gasteiger partial charge in [0.1, 0.15) is 11.5 Å². The summed E-state index contributed by atoms with van der Waals surface area (Å²) in [5, 5.41) is 4.30. The van der Waals surface area contributed by atoms with Gasteiger partial charge in [-0.2, -0.15) is 4.39 Å². The number of rotatable bonds is 8. The first-order chi connectivity index (χ1) is 19.1. The SMILES string of the molecule is CCCc1cc(Cn2c(=O)ccc3c(C)nc(C)nc32)ccc1-c1ccccc1S(=O)(=O)Nc1noc(C)c1F. The van der Waals surface area contributed by atoms with Crippen molar-refractivity contribution >= 4 is 26.9 Å². The lowest BCUT2D eigenvalue weighted by molar-refractivity contribution is 0.390. The molecule has 5 aromatic rings. The average molecular weight is 562 g/mol. The molecule has 9 nitrogen and oxygen atoms in total. The summed E-state index contributed by atoms with van der Waals surface area (Å²) in [6.07, 6.45) is 1.49. The number of nitrogens with zero attached hydrogens (tertiary/aromatic N) is 4. The van der Waals surface area contributed by atoms with Crippen molar-refractivity contribution in [1.29, 1.82) is 0 Å². The molecule has 206 valence electrons. The van der Waals surface area contributed by atoms with E-state index in [9.17, 15) is 17.6 Å². The average Bonchev–Trinajstić information content (AvgIpc) is 3.22. The molecule has 0 unspecified atom stereocenters. The molecule has 0 saturated heterocycles. The predicted molar refractivity (Wildman–Crippen MR) is 150 cm³/mol. The highest BCUT2D eigenvalue weighted by molar-refractivity contribution is 7.92. The maximum atomic E-state index is 14.3. The van der Waals surface area contributed by atoms with Gasteiger partial charge in [-0.05, 0) is 56.0 Å². The predicted octanol–water partition coefficient (Wildman–Crippen LogP) is 5.31. The molecular weight excluding hydrogens is 533 g/mol. The molecule has 0 radical (unpaired) electrons. The van der Waals surface area contributed by atoms with Crippen molar-refractivity contribution in [3.8, 4) is 11.1 Å². The number of aromatic nitrogens is 4. The van der Waals surface area contributed by atoms with E-state index in [0.29, 0.717) is 23.5 Å². The number of hydrogen-bond acceptors (Lipinski definition) is 7. The van der Waals surface area contributed by atoms with E-state index in [1.54, 1.807) is 35.8 Å². The maximum Gasteiger partial charge on any atom is 0.263 e. The Morgan fingerprint density at radius 1 is 1.00 bits per heavy atom. The van der Waals surface area contributed by atoms with E-state index in [-0.39, 0.29) is 22.8 Å². The number of sulfonamides is 1. The second-order valence-electron chi connectivity index (χ2n) is 9.60. The van der Waals surface area contributed by atoms with Crippen molar-refractivity contribution in [1.82, 2.24) is 19.7 Å². The fourth-order valence-corrected chi connectivity index (χ4v) is 6.02. The van der Waals surface area contributed by atoms with E-state index in [4.69, 9.17) is 4.52 Å². The molecule has 5 rings (SSSR count). The number of nitrogens with one attached hydrogen (secondary N) is 1. The van der Waals surface area contributed by atoms with Crippen LogP contribution < -0.4 is 10.3 Å². The van der Waals surface area contributed by atoms with Gasteiger partial charge in [0, 0.05) is 17.0 Å². The molecule has 3 heterocycles. The van der Waals surface area contributed by atoms with Crippen LogP contribution in [0.3, 0.4) is 0 Å². The van der Waals surface area contributed by atoms with Crippen LogP contribution in [0.25, 0.3) is 22.2 Å². The molecule has 0 aliphatic rings. The van der Waals surface area contributed by atoms with E-state index in [0.717, 1.165) is 34.2 Å². The second-order valence-corrected chi connectivity index (χ2v) is 11.2. The fourth-order valence-electron chi connectivity index (χ4n) is 4.80. The zero-order valence-electron chi connectivity index (χ0n) is 22.5. The Bertz CT molecular complexity index is 1910. The van der Waals surface area contributed by atoms with Crippen LogP contribution in [0, 0.1) is 26.6 Å². The molecule has 0 spiro atoms. The summed E-state index contributed by atoms with van der Waals surface area (Å²) in [6.45, 7) is 7.36. The van der Waals surface area contributed by atoms with Gasteiger partial charge in [-0.3, -0.25) is 14.1 Å². The van der Waals surface area contributed by atoms with Gasteiger partial charge in [-0.1, -0.05) is 54.9 Å². The third-order valence-corrected chi connectivity index (χ3v) is 8.06. The van der Waals surface area contributed by atoms with Gasteiger partial charge < -0.3 is 4.52 Å². The monoisotopic (exact) mass is 561 g/mol. The van der Waals surface area contributed by atoms with Crippen LogP contribution in [0.4, 0.5) is 10.2 Å². The third-order valence-electron chi connectivity index (χ3n) is 6.66. The summed E-state index contributed by atoms with van der Waals surface area (Å²) in [4.78, 5) is 21.8. The molecule has 0 bridgehead atoms. The van der Waals surface area contributed by atoms with Crippen molar-refractivity contribution in [3.05, 3.63) is 99.2 Å². The number of fused-ring (bicyclic) bond motifs is 1. The fraction of sp³-hybridized carbons (Fsp3) is 0.241. The van der Waals surface area contributed by atoms with E-state index < -0.39 is 21.7 Å². The number of anilines is 1. The summed E-state index contributed by atoms with van der Waals surface area (Å²) >= 11 is 0. The number of benzene rings is 2. The Morgan fingerprint density at radius 2 is 1.77 bits per heavy atom. The summed E-state index contributed by atoms with van der Waals surface area (Å²) in [6, 6.07) is 15.5. The molecule has 1 N–H and O–H groups in total. The highest BCUT2D eigenvalue weighted by atomic mass is 32.2. The van der Waals surface area contributed by atoms with E-state index in [1.165, 1.54) is 19.1 Å². The van der Waals surface area contributed by atoms with Gasteiger partial charge >= 0.3 is 0 Å². The minimum atomic E-state index is -4.20. The largest absolute Gasteiger partial charge is 0.356 e.